The lowest BCUT2D eigenvalue weighted by molar-refractivity contribution is 0.535. The molecule has 0 fully saturated rings. The molecule has 0 N–H and O–H groups in total. The fraction of sp³-hybridized carbons (Fsp3) is 0.0667. The molecule has 3 rings (SSSR count). The van der Waals surface area contributed by atoms with Crippen molar-refractivity contribution in [2.75, 3.05) is 0 Å². The maximum atomic E-state index is 6.21. The van der Waals surface area contributed by atoms with Crippen molar-refractivity contribution in [1.82, 2.24) is 9.97 Å². The minimum atomic E-state index is 0.384. The SMILES string of the molecule is Cc1occc1-c1nc(Cl)c(Br)c(-c2ccccc2)n1. The van der Waals surface area contributed by atoms with Gasteiger partial charge in [-0.05, 0) is 28.9 Å². The predicted octanol–water partition coefficient (Wildman–Crippen LogP) is 5.13. The first-order chi connectivity index (χ1) is 9.66. The summed E-state index contributed by atoms with van der Waals surface area (Å²) in [5.41, 5.74) is 2.59. The van der Waals surface area contributed by atoms with E-state index >= 15 is 0 Å². The van der Waals surface area contributed by atoms with Crippen LogP contribution in [0.3, 0.4) is 0 Å². The first kappa shape index (κ1) is 13.3. The molecular weight excluding hydrogens is 340 g/mol. The minimum absolute atomic E-state index is 0.384. The van der Waals surface area contributed by atoms with E-state index < -0.39 is 0 Å². The van der Waals surface area contributed by atoms with Gasteiger partial charge in [0.15, 0.2) is 5.82 Å². The fourth-order valence-electron chi connectivity index (χ4n) is 1.94. The quantitative estimate of drug-likeness (QED) is 0.602. The van der Waals surface area contributed by atoms with Gasteiger partial charge in [-0.2, -0.15) is 0 Å². The van der Waals surface area contributed by atoms with Crippen LogP contribution in [0.25, 0.3) is 22.6 Å². The standard InChI is InChI=1S/C15H10BrClN2O/c1-9-11(7-8-20-9)15-18-13(12(16)14(17)19-15)10-5-3-2-4-6-10/h2-8H,1H3. The maximum Gasteiger partial charge on any atom is 0.165 e. The normalized spacial score (nSPS) is 10.8. The first-order valence-electron chi connectivity index (χ1n) is 5.99. The van der Waals surface area contributed by atoms with Gasteiger partial charge in [-0.1, -0.05) is 41.9 Å². The third-order valence-corrected chi connectivity index (χ3v) is 4.21. The molecule has 0 spiro atoms. The molecule has 5 heteroatoms. The number of nitrogens with zero attached hydrogens (tertiary/aromatic N) is 2. The van der Waals surface area contributed by atoms with Crippen molar-refractivity contribution < 1.29 is 4.42 Å². The molecule has 3 nitrogen and oxygen atoms in total. The van der Waals surface area contributed by atoms with E-state index in [4.69, 9.17) is 16.0 Å². The zero-order valence-corrected chi connectivity index (χ0v) is 12.9. The molecule has 1 aromatic carbocycles. The molecule has 0 radical (unpaired) electrons. The van der Waals surface area contributed by atoms with E-state index in [0.717, 1.165) is 22.6 Å². The van der Waals surface area contributed by atoms with Crippen LogP contribution in [0.4, 0.5) is 0 Å². The van der Waals surface area contributed by atoms with Gasteiger partial charge in [0.05, 0.1) is 22.0 Å². The van der Waals surface area contributed by atoms with E-state index in [1.165, 1.54) is 0 Å². The Bertz CT molecular complexity index is 756. The number of rotatable bonds is 2. The highest BCUT2D eigenvalue weighted by Crippen LogP contribution is 2.34. The summed E-state index contributed by atoms with van der Waals surface area (Å²) in [6.45, 7) is 1.87. The van der Waals surface area contributed by atoms with Crippen molar-refractivity contribution in [3.8, 4) is 22.6 Å². The molecule has 2 heterocycles. The average Bonchev–Trinajstić information content (AvgIpc) is 2.89. The molecular formula is C15H10BrClN2O. The second kappa shape index (κ2) is 5.38. The highest BCUT2D eigenvalue weighted by Gasteiger charge is 2.15. The molecule has 0 amide bonds. The Balaban J connectivity index is 2.21. The van der Waals surface area contributed by atoms with Crippen LogP contribution >= 0.6 is 27.5 Å². The Kier molecular flexibility index (Phi) is 3.59. The van der Waals surface area contributed by atoms with Gasteiger partial charge in [0.25, 0.3) is 0 Å². The number of aryl methyl sites for hydroxylation is 1. The van der Waals surface area contributed by atoms with Gasteiger partial charge in [-0.15, -0.1) is 0 Å². The largest absolute Gasteiger partial charge is 0.469 e. The lowest BCUT2D eigenvalue weighted by Crippen LogP contribution is -1.95. The lowest BCUT2D eigenvalue weighted by atomic mass is 10.1. The second-order valence-electron chi connectivity index (χ2n) is 4.26. The number of furan rings is 1. The Labute approximate surface area is 129 Å². The van der Waals surface area contributed by atoms with Crippen molar-refractivity contribution in [3.05, 3.63) is 58.0 Å². The van der Waals surface area contributed by atoms with Gasteiger partial charge >= 0.3 is 0 Å². The van der Waals surface area contributed by atoms with E-state index in [1.807, 2.05) is 43.3 Å². The zero-order chi connectivity index (χ0) is 14.1. The van der Waals surface area contributed by atoms with E-state index in [1.54, 1.807) is 6.26 Å². The molecule has 0 bridgehead atoms. The highest BCUT2D eigenvalue weighted by atomic mass is 79.9. The third-order valence-electron chi connectivity index (χ3n) is 2.96. The van der Waals surface area contributed by atoms with Crippen LogP contribution in [-0.2, 0) is 0 Å². The van der Waals surface area contributed by atoms with Crippen LogP contribution in [0.15, 0.2) is 51.6 Å². The summed E-state index contributed by atoms with van der Waals surface area (Å²) in [4.78, 5) is 8.91. The van der Waals surface area contributed by atoms with E-state index in [-0.39, 0.29) is 0 Å². The van der Waals surface area contributed by atoms with Crippen LogP contribution in [0.1, 0.15) is 5.76 Å². The Morgan fingerprint density at radius 2 is 1.85 bits per heavy atom. The summed E-state index contributed by atoms with van der Waals surface area (Å²) in [6, 6.07) is 11.7. The zero-order valence-electron chi connectivity index (χ0n) is 10.6. The van der Waals surface area contributed by atoms with Crippen molar-refractivity contribution >= 4 is 27.5 Å². The van der Waals surface area contributed by atoms with Crippen LogP contribution in [-0.4, -0.2) is 9.97 Å². The summed E-state index contributed by atoms with van der Waals surface area (Å²) < 4.78 is 5.99. The summed E-state index contributed by atoms with van der Waals surface area (Å²) >= 11 is 9.66. The number of aromatic nitrogens is 2. The highest BCUT2D eigenvalue weighted by molar-refractivity contribution is 9.10. The third kappa shape index (κ3) is 2.37. The smallest absolute Gasteiger partial charge is 0.165 e. The minimum Gasteiger partial charge on any atom is -0.469 e. The summed E-state index contributed by atoms with van der Waals surface area (Å²) in [5.74, 6) is 1.32. The van der Waals surface area contributed by atoms with Gasteiger partial charge in [-0.25, -0.2) is 9.97 Å². The fourth-order valence-corrected chi connectivity index (χ4v) is 2.52. The van der Waals surface area contributed by atoms with E-state index in [2.05, 4.69) is 25.9 Å². The van der Waals surface area contributed by atoms with Crippen molar-refractivity contribution in [3.63, 3.8) is 0 Å². The Morgan fingerprint density at radius 1 is 1.10 bits per heavy atom. The Morgan fingerprint density at radius 3 is 2.50 bits per heavy atom. The van der Waals surface area contributed by atoms with Gasteiger partial charge in [-0.3, -0.25) is 0 Å². The number of hydrogen-bond acceptors (Lipinski definition) is 3. The van der Waals surface area contributed by atoms with Crippen molar-refractivity contribution in [1.29, 1.82) is 0 Å². The number of benzene rings is 1. The van der Waals surface area contributed by atoms with E-state index in [0.29, 0.717) is 15.5 Å². The summed E-state index contributed by atoms with van der Waals surface area (Å²) in [5, 5.41) is 0.384. The molecule has 0 aliphatic carbocycles. The molecule has 0 atom stereocenters. The summed E-state index contributed by atoms with van der Waals surface area (Å²) in [7, 11) is 0. The van der Waals surface area contributed by atoms with Crippen molar-refractivity contribution in [2.45, 2.75) is 6.92 Å². The summed E-state index contributed by atoms with van der Waals surface area (Å²) in [6.07, 6.45) is 1.62. The van der Waals surface area contributed by atoms with Crippen molar-refractivity contribution in [2.24, 2.45) is 0 Å². The first-order valence-corrected chi connectivity index (χ1v) is 7.17. The molecule has 0 saturated carbocycles. The van der Waals surface area contributed by atoms with Crippen LogP contribution < -0.4 is 0 Å². The van der Waals surface area contributed by atoms with E-state index in [9.17, 15) is 0 Å². The monoisotopic (exact) mass is 348 g/mol. The maximum absolute atomic E-state index is 6.21. The lowest BCUT2D eigenvalue weighted by Gasteiger charge is -2.08. The number of hydrogen-bond donors (Lipinski definition) is 0. The number of halogens is 2. The van der Waals surface area contributed by atoms with Crippen LogP contribution in [0, 0.1) is 6.92 Å². The molecule has 100 valence electrons. The molecule has 3 aromatic rings. The molecule has 20 heavy (non-hydrogen) atoms. The second-order valence-corrected chi connectivity index (χ2v) is 5.41. The molecule has 0 aliphatic rings. The average molecular weight is 350 g/mol. The van der Waals surface area contributed by atoms with Crippen LogP contribution in [0.5, 0.6) is 0 Å². The molecule has 0 saturated heterocycles. The van der Waals surface area contributed by atoms with Crippen LogP contribution in [0.2, 0.25) is 5.15 Å². The Hall–Kier alpha value is -1.65. The van der Waals surface area contributed by atoms with Gasteiger partial charge in [0, 0.05) is 5.56 Å². The molecule has 0 unspecified atom stereocenters. The molecule has 2 aromatic heterocycles. The van der Waals surface area contributed by atoms with Gasteiger partial charge in [0.2, 0.25) is 0 Å². The van der Waals surface area contributed by atoms with Gasteiger partial charge < -0.3 is 4.42 Å². The molecule has 0 aliphatic heterocycles. The topological polar surface area (TPSA) is 38.9 Å². The van der Waals surface area contributed by atoms with Gasteiger partial charge in [0.1, 0.15) is 10.9 Å². The predicted molar refractivity (Wildman–Crippen MR) is 82.6 cm³/mol.